The summed E-state index contributed by atoms with van der Waals surface area (Å²) < 4.78 is 0. The van der Waals surface area contributed by atoms with Gasteiger partial charge in [0.1, 0.15) is 0 Å². The van der Waals surface area contributed by atoms with Crippen molar-refractivity contribution < 1.29 is 4.79 Å². The molecule has 0 radical (unpaired) electrons. The third kappa shape index (κ3) is 8.65. The minimum atomic E-state index is -0.0856. The highest BCUT2D eigenvalue weighted by atomic mass is 16.1. The molecule has 1 aromatic rings. The molecule has 3 N–H and O–H groups in total. The van der Waals surface area contributed by atoms with Gasteiger partial charge in [0.2, 0.25) is 5.91 Å². The van der Waals surface area contributed by atoms with Gasteiger partial charge in [0, 0.05) is 6.92 Å². The average molecular weight is 166 g/mol. The van der Waals surface area contributed by atoms with Gasteiger partial charge in [-0.25, -0.2) is 0 Å². The van der Waals surface area contributed by atoms with Crippen LogP contribution in [0.1, 0.15) is 6.92 Å². The summed E-state index contributed by atoms with van der Waals surface area (Å²) in [6, 6.07) is 12.0. The van der Waals surface area contributed by atoms with Gasteiger partial charge in [0.05, 0.1) is 6.67 Å². The van der Waals surface area contributed by atoms with Crippen molar-refractivity contribution in [3.05, 3.63) is 36.4 Å². The molecule has 0 aromatic heterocycles. The zero-order valence-corrected chi connectivity index (χ0v) is 7.16. The summed E-state index contributed by atoms with van der Waals surface area (Å²) in [6.45, 7) is 1.65. The van der Waals surface area contributed by atoms with Crippen LogP contribution in [0.5, 0.6) is 0 Å². The molecule has 0 saturated heterocycles. The second-order valence-electron chi connectivity index (χ2n) is 2.09. The van der Waals surface area contributed by atoms with Crippen LogP contribution in [0.2, 0.25) is 0 Å². The fourth-order valence-corrected chi connectivity index (χ4v) is 0.529. The van der Waals surface area contributed by atoms with Gasteiger partial charge in [0.25, 0.3) is 0 Å². The quantitative estimate of drug-likeness (QED) is 0.604. The molecule has 1 amide bonds. The predicted molar refractivity (Wildman–Crippen MR) is 49.3 cm³/mol. The largest absolute Gasteiger partial charge is 0.344 e. The molecule has 3 nitrogen and oxygen atoms in total. The van der Waals surface area contributed by atoms with Crippen molar-refractivity contribution in [3.8, 4) is 0 Å². The van der Waals surface area contributed by atoms with Gasteiger partial charge in [-0.15, -0.1) is 0 Å². The number of carbonyl (C=O) groups excluding carboxylic acids is 1. The molecule has 0 fully saturated rings. The lowest BCUT2D eigenvalue weighted by atomic mass is 10.4. The third-order valence-corrected chi connectivity index (χ3v) is 1.02. The summed E-state index contributed by atoms with van der Waals surface area (Å²) in [6.07, 6.45) is 0. The van der Waals surface area contributed by atoms with Crippen molar-refractivity contribution in [2.75, 3.05) is 6.67 Å². The third-order valence-electron chi connectivity index (χ3n) is 1.02. The van der Waals surface area contributed by atoms with Crippen molar-refractivity contribution in [2.45, 2.75) is 6.92 Å². The molecule has 0 atom stereocenters. The molecule has 1 rings (SSSR count). The van der Waals surface area contributed by atoms with Crippen LogP contribution < -0.4 is 11.1 Å². The Morgan fingerprint density at radius 1 is 1.17 bits per heavy atom. The molecule has 0 bridgehead atoms. The summed E-state index contributed by atoms with van der Waals surface area (Å²) in [5.74, 6) is -0.0856. The van der Waals surface area contributed by atoms with E-state index in [1.807, 2.05) is 36.4 Å². The SMILES string of the molecule is CC(=O)NCN.c1ccccc1. The molecule has 0 spiro atoms. The number of nitrogens with one attached hydrogen (secondary N) is 1. The van der Waals surface area contributed by atoms with Gasteiger partial charge in [-0.1, -0.05) is 36.4 Å². The van der Waals surface area contributed by atoms with Crippen molar-refractivity contribution in [3.63, 3.8) is 0 Å². The van der Waals surface area contributed by atoms with Crippen LogP contribution in [0.15, 0.2) is 36.4 Å². The fraction of sp³-hybridized carbons (Fsp3) is 0.222. The van der Waals surface area contributed by atoms with Crippen molar-refractivity contribution >= 4 is 5.91 Å². The molecular weight excluding hydrogens is 152 g/mol. The summed E-state index contributed by atoms with van der Waals surface area (Å²) in [4.78, 5) is 9.85. The number of hydrogen-bond acceptors (Lipinski definition) is 2. The number of hydrogen-bond donors (Lipinski definition) is 2. The van der Waals surface area contributed by atoms with E-state index in [2.05, 4.69) is 5.32 Å². The molecule has 0 saturated carbocycles. The molecule has 0 aliphatic heterocycles. The standard InChI is InChI=1S/C6H6.C3H8N2O/c1-2-4-6-5-3-1;1-3(6)5-2-4/h1-6H;2,4H2,1H3,(H,5,6). The van der Waals surface area contributed by atoms with Gasteiger partial charge >= 0.3 is 0 Å². The van der Waals surface area contributed by atoms with E-state index >= 15 is 0 Å². The van der Waals surface area contributed by atoms with E-state index in [1.165, 1.54) is 6.92 Å². The van der Waals surface area contributed by atoms with Crippen LogP contribution in [0.3, 0.4) is 0 Å². The number of carbonyl (C=O) groups is 1. The van der Waals surface area contributed by atoms with E-state index in [9.17, 15) is 4.79 Å². The molecule has 66 valence electrons. The molecule has 12 heavy (non-hydrogen) atoms. The van der Waals surface area contributed by atoms with Gasteiger partial charge in [-0.3, -0.25) is 4.79 Å². The van der Waals surface area contributed by atoms with Crippen LogP contribution in [0.4, 0.5) is 0 Å². The molecule has 0 aliphatic carbocycles. The maximum absolute atomic E-state index is 9.85. The van der Waals surface area contributed by atoms with Crippen molar-refractivity contribution in [2.24, 2.45) is 5.73 Å². The number of benzene rings is 1. The first kappa shape index (κ1) is 10.7. The Hall–Kier alpha value is -1.35. The van der Waals surface area contributed by atoms with E-state index in [0.29, 0.717) is 0 Å². The van der Waals surface area contributed by atoms with Crippen LogP contribution in [0.25, 0.3) is 0 Å². The first-order chi connectivity index (χ1) is 5.77. The predicted octanol–water partition coefficient (Wildman–Crippen LogP) is 0.725. The van der Waals surface area contributed by atoms with Crippen LogP contribution in [-0.4, -0.2) is 12.6 Å². The normalized spacial score (nSPS) is 7.83. The molecule has 0 unspecified atom stereocenters. The lowest BCUT2D eigenvalue weighted by molar-refractivity contribution is -0.118. The maximum atomic E-state index is 9.85. The Kier molecular flexibility index (Phi) is 6.88. The second-order valence-corrected chi connectivity index (χ2v) is 2.09. The summed E-state index contributed by atoms with van der Waals surface area (Å²) in [5, 5.41) is 2.35. The number of nitrogens with two attached hydrogens (primary N) is 1. The summed E-state index contributed by atoms with van der Waals surface area (Å²) in [5.41, 5.74) is 4.90. The Morgan fingerprint density at radius 2 is 1.50 bits per heavy atom. The van der Waals surface area contributed by atoms with E-state index in [-0.39, 0.29) is 12.6 Å². The van der Waals surface area contributed by atoms with E-state index in [0.717, 1.165) is 0 Å². The first-order valence-electron chi connectivity index (χ1n) is 3.72. The Bertz CT molecular complexity index is 172. The van der Waals surface area contributed by atoms with Crippen molar-refractivity contribution in [1.29, 1.82) is 0 Å². The summed E-state index contributed by atoms with van der Waals surface area (Å²) in [7, 11) is 0. The number of rotatable bonds is 1. The highest BCUT2D eigenvalue weighted by molar-refractivity contribution is 5.72. The molecule has 1 aromatic carbocycles. The van der Waals surface area contributed by atoms with E-state index in [1.54, 1.807) is 0 Å². The van der Waals surface area contributed by atoms with Gasteiger partial charge < -0.3 is 11.1 Å². The fourth-order valence-electron chi connectivity index (χ4n) is 0.529. The summed E-state index contributed by atoms with van der Waals surface area (Å²) >= 11 is 0. The van der Waals surface area contributed by atoms with Crippen LogP contribution in [-0.2, 0) is 4.79 Å². The zero-order valence-electron chi connectivity index (χ0n) is 7.16. The van der Waals surface area contributed by atoms with Gasteiger partial charge in [0.15, 0.2) is 0 Å². The highest BCUT2D eigenvalue weighted by Gasteiger charge is 1.79. The first-order valence-corrected chi connectivity index (χ1v) is 3.72. The number of amides is 1. The van der Waals surface area contributed by atoms with Crippen LogP contribution in [0, 0.1) is 0 Å². The molecule has 3 heteroatoms. The average Bonchev–Trinajstić information content (AvgIpc) is 2.08. The lowest BCUT2D eigenvalue weighted by Gasteiger charge is -1.89. The Labute approximate surface area is 72.6 Å². The monoisotopic (exact) mass is 166 g/mol. The van der Waals surface area contributed by atoms with Gasteiger partial charge in [-0.05, 0) is 0 Å². The van der Waals surface area contributed by atoms with Gasteiger partial charge in [-0.2, -0.15) is 0 Å². The maximum Gasteiger partial charge on any atom is 0.217 e. The minimum absolute atomic E-state index is 0.0856. The molecule has 0 heterocycles. The Balaban J connectivity index is 0.000000202. The Morgan fingerprint density at radius 3 is 1.58 bits per heavy atom. The van der Waals surface area contributed by atoms with E-state index in [4.69, 9.17) is 5.73 Å². The smallest absolute Gasteiger partial charge is 0.217 e. The topological polar surface area (TPSA) is 55.1 Å². The van der Waals surface area contributed by atoms with Crippen molar-refractivity contribution in [1.82, 2.24) is 5.32 Å². The minimum Gasteiger partial charge on any atom is -0.344 e. The highest BCUT2D eigenvalue weighted by Crippen LogP contribution is 1.79. The second kappa shape index (κ2) is 7.75. The lowest BCUT2D eigenvalue weighted by Crippen LogP contribution is -2.26. The molecular formula is C9H14N2O. The van der Waals surface area contributed by atoms with E-state index < -0.39 is 0 Å². The zero-order chi connectivity index (χ0) is 9.23. The van der Waals surface area contributed by atoms with Crippen LogP contribution >= 0.6 is 0 Å². The molecule has 0 aliphatic rings.